The van der Waals surface area contributed by atoms with E-state index in [9.17, 15) is 23.1 Å². The van der Waals surface area contributed by atoms with Gasteiger partial charge in [-0.3, -0.25) is 9.69 Å². The maximum absolute atomic E-state index is 12.8. The summed E-state index contributed by atoms with van der Waals surface area (Å²) in [5, 5.41) is 10.9. The van der Waals surface area contributed by atoms with Crippen molar-refractivity contribution in [3.63, 3.8) is 0 Å². The number of rotatable bonds is 6. The number of piperidine rings is 1. The van der Waals surface area contributed by atoms with Crippen LogP contribution in [0.2, 0.25) is 0 Å². The predicted octanol–water partition coefficient (Wildman–Crippen LogP) is 5.02. The van der Waals surface area contributed by atoms with Gasteiger partial charge in [0.05, 0.1) is 0 Å². The normalized spacial score (nSPS) is 17.2. The van der Waals surface area contributed by atoms with Gasteiger partial charge in [-0.05, 0) is 47.1 Å². The Balaban J connectivity index is 1.52. The Morgan fingerprint density at radius 1 is 0.969 bits per heavy atom. The molecule has 2 aromatic carbocycles. The number of nitrogens with zero attached hydrogens (tertiary/aromatic N) is 1. The Labute approximate surface area is 187 Å². The molecule has 0 spiro atoms. The SMILES string of the molecule is CC(C)(C)c1ccc(CC(=O)C2(O)CCN(Cc3ccc(OC(F)(F)F)cc3)CC2)cc1. The maximum Gasteiger partial charge on any atom is 0.573 e. The summed E-state index contributed by atoms with van der Waals surface area (Å²) in [6.45, 7) is 8.00. The molecule has 0 amide bonds. The standard InChI is InChI=1S/C25H30F3NO3/c1-23(2,3)20-8-4-18(5-9-20)16-22(30)24(31)12-14-29(15-13-24)17-19-6-10-21(11-7-19)32-25(26,27)28/h4-11,31H,12-17H2,1-3H3. The average molecular weight is 450 g/mol. The fourth-order valence-corrected chi connectivity index (χ4v) is 3.89. The Bertz CT molecular complexity index is 907. The highest BCUT2D eigenvalue weighted by Gasteiger charge is 2.38. The third kappa shape index (κ3) is 6.56. The summed E-state index contributed by atoms with van der Waals surface area (Å²) >= 11 is 0. The van der Waals surface area contributed by atoms with Crippen molar-refractivity contribution in [1.82, 2.24) is 4.90 Å². The summed E-state index contributed by atoms with van der Waals surface area (Å²) < 4.78 is 40.7. The largest absolute Gasteiger partial charge is 0.573 e. The summed E-state index contributed by atoms with van der Waals surface area (Å²) in [5.41, 5.74) is 1.62. The lowest BCUT2D eigenvalue weighted by Crippen LogP contribution is -2.49. The van der Waals surface area contributed by atoms with Crippen molar-refractivity contribution in [1.29, 1.82) is 0 Å². The Morgan fingerprint density at radius 2 is 1.50 bits per heavy atom. The molecule has 1 saturated heterocycles. The molecule has 3 rings (SSSR count). The topological polar surface area (TPSA) is 49.8 Å². The number of hydrogen-bond donors (Lipinski definition) is 1. The van der Waals surface area contributed by atoms with Gasteiger partial charge in [-0.2, -0.15) is 0 Å². The Kier molecular flexibility index (Phi) is 7.00. The number of carbonyl (C=O) groups excluding carboxylic acids is 1. The molecular formula is C25H30F3NO3. The van der Waals surface area contributed by atoms with E-state index in [1.54, 1.807) is 12.1 Å². The van der Waals surface area contributed by atoms with Crippen molar-refractivity contribution in [3.05, 3.63) is 65.2 Å². The number of hydrogen-bond acceptors (Lipinski definition) is 4. The first-order valence-electron chi connectivity index (χ1n) is 10.8. The Morgan fingerprint density at radius 3 is 2.00 bits per heavy atom. The third-order valence-electron chi connectivity index (χ3n) is 5.95. The Hall–Kier alpha value is -2.38. The average Bonchev–Trinajstić information content (AvgIpc) is 2.70. The zero-order chi connectivity index (χ0) is 23.6. The zero-order valence-corrected chi connectivity index (χ0v) is 18.7. The lowest BCUT2D eigenvalue weighted by Gasteiger charge is -2.37. The van der Waals surface area contributed by atoms with Crippen molar-refractivity contribution >= 4 is 5.78 Å². The predicted molar refractivity (Wildman–Crippen MR) is 116 cm³/mol. The number of Topliss-reactive ketones (excluding diaryl/α,β-unsaturated/α-hetero) is 1. The van der Waals surface area contributed by atoms with Gasteiger partial charge in [-0.25, -0.2) is 0 Å². The van der Waals surface area contributed by atoms with Crippen LogP contribution in [0.1, 0.15) is 50.3 Å². The van der Waals surface area contributed by atoms with Crippen LogP contribution in [-0.2, 0) is 23.2 Å². The van der Waals surface area contributed by atoms with Crippen LogP contribution in [0.15, 0.2) is 48.5 Å². The summed E-state index contributed by atoms with van der Waals surface area (Å²) in [6, 6.07) is 13.7. The van der Waals surface area contributed by atoms with Gasteiger partial charge in [0.25, 0.3) is 0 Å². The van der Waals surface area contributed by atoms with Crippen molar-refractivity contribution in [2.45, 2.75) is 64.0 Å². The molecule has 0 radical (unpaired) electrons. The molecule has 7 heteroatoms. The summed E-state index contributed by atoms with van der Waals surface area (Å²) in [5.74, 6) is -0.426. The van der Waals surface area contributed by atoms with E-state index in [4.69, 9.17) is 0 Å². The molecule has 4 nitrogen and oxygen atoms in total. The molecule has 1 fully saturated rings. The van der Waals surface area contributed by atoms with Crippen LogP contribution in [0.5, 0.6) is 5.75 Å². The lowest BCUT2D eigenvalue weighted by atomic mass is 9.83. The maximum atomic E-state index is 12.8. The quantitative estimate of drug-likeness (QED) is 0.673. The summed E-state index contributed by atoms with van der Waals surface area (Å²) in [7, 11) is 0. The molecule has 0 bridgehead atoms. The molecule has 0 unspecified atom stereocenters. The van der Waals surface area contributed by atoms with Crippen molar-refractivity contribution in [2.75, 3.05) is 13.1 Å². The number of alkyl halides is 3. The van der Waals surface area contributed by atoms with Crippen LogP contribution >= 0.6 is 0 Å². The number of likely N-dealkylation sites (tertiary alicyclic amines) is 1. The van der Waals surface area contributed by atoms with Crippen molar-refractivity contribution < 1.29 is 27.8 Å². The fourth-order valence-electron chi connectivity index (χ4n) is 3.89. The van der Waals surface area contributed by atoms with E-state index in [-0.39, 0.29) is 23.4 Å². The highest BCUT2D eigenvalue weighted by molar-refractivity contribution is 5.89. The lowest BCUT2D eigenvalue weighted by molar-refractivity contribution is -0.274. The van der Waals surface area contributed by atoms with E-state index >= 15 is 0 Å². The summed E-state index contributed by atoms with van der Waals surface area (Å²) in [6.07, 6.45) is -3.84. The zero-order valence-electron chi connectivity index (χ0n) is 18.7. The van der Waals surface area contributed by atoms with Crippen LogP contribution < -0.4 is 4.74 Å². The van der Waals surface area contributed by atoms with Gasteiger partial charge >= 0.3 is 6.36 Å². The number of ketones is 1. The molecule has 0 aromatic heterocycles. The third-order valence-corrected chi connectivity index (χ3v) is 5.95. The summed E-state index contributed by atoms with van der Waals surface area (Å²) in [4.78, 5) is 14.9. The monoisotopic (exact) mass is 449 g/mol. The van der Waals surface area contributed by atoms with E-state index in [0.717, 1.165) is 11.1 Å². The van der Waals surface area contributed by atoms with Gasteiger partial charge in [-0.1, -0.05) is 57.2 Å². The number of halogens is 3. The van der Waals surface area contributed by atoms with Gasteiger partial charge in [0.1, 0.15) is 11.4 Å². The van der Waals surface area contributed by atoms with Gasteiger partial charge in [0.15, 0.2) is 5.78 Å². The van der Waals surface area contributed by atoms with Gasteiger partial charge < -0.3 is 9.84 Å². The number of aliphatic hydroxyl groups is 1. The van der Waals surface area contributed by atoms with E-state index in [0.29, 0.717) is 32.5 Å². The molecule has 174 valence electrons. The molecule has 0 saturated carbocycles. The molecule has 2 aromatic rings. The second-order valence-electron chi connectivity index (χ2n) is 9.55. The minimum atomic E-state index is -4.71. The van der Waals surface area contributed by atoms with Gasteiger partial charge in [0.2, 0.25) is 0 Å². The van der Waals surface area contributed by atoms with E-state index in [1.165, 1.54) is 17.7 Å². The first-order chi connectivity index (χ1) is 14.8. The van der Waals surface area contributed by atoms with Crippen molar-refractivity contribution in [3.8, 4) is 5.75 Å². The van der Waals surface area contributed by atoms with Crippen LogP contribution in [0.3, 0.4) is 0 Å². The van der Waals surface area contributed by atoms with Gasteiger partial charge in [-0.15, -0.1) is 13.2 Å². The van der Waals surface area contributed by atoms with Crippen LogP contribution in [0.25, 0.3) is 0 Å². The van der Waals surface area contributed by atoms with Gasteiger partial charge in [0, 0.05) is 26.1 Å². The number of ether oxygens (including phenoxy) is 1. The molecular weight excluding hydrogens is 419 g/mol. The highest BCUT2D eigenvalue weighted by Crippen LogP contribution is 2.28. The highest BCUT2D eigenvalue weighted by atomic mass is 19.4. The van der Waals surface area contributed by atoms with Crippen LogP contribution in [0, 0.1) is 0 Å². The molecule has 32 heavy (non-hydrogen) atoms. The number of benzene rings is 2. The van der Waals surface area contributed by atoms with Crippen molar-refractivity contribution in [2.24, 2.45) is 0 Å². The molecule has 0 aliphatic carbocycles. The van der Waals surface area contributed by atoms with E-state index in [1.807, 2.05) is 24.3 Å². The molecule has 1 aliphatic heterocycles. The smallest absolute Gasteiger partial charge is 0.406 e. The number of carbonyl (C=O) groups is 1. The van der Waals surface area contributed by atoms with Crippen LogP contribution in [0.4, 0.5) is 13.2 Å². The minimum Gasteiger partial charge on any atom is -0.406 e. The fraction of sp³-hybridized carbons (Fsp3) is 0.480. The molecule has 0 atom stereocenters. The van der Waals surface area contributed by atoms with Crippen LogP contribution in [-0.4, -0.2) is 40.8 Å². The van der Waals surface area contributed by atoms with E-state index in [2.05, 4.69) is 30.4 Å². The minimum absolute atomic E-state index is 0.0409. The van der Waals surface area contributed by atoms with E-state index < -0.39 is 12.0 Å². The molecule has 1 aliphatic rings. The molecule has 1 N–H and O–H groups in total. The first kappa shape index (κ1) is 24.3. The second-order valence-corrected chi connectivity index (χ2v) is 9.55. The first-order valence-corrected chi connectivity index (χ1v) is 10.8. The molecule has 1 heterocycles. The second kappa shape index (κ2) is 9.24.